The van der Waals surface area contributed by atoms with Crippen LogP contribution in [0.1, 0.15) is 10.5 Å². The van der Waals surface area contributed by atoms with Crippen molar-refractivity contribution in [1.82, 2.24) is 4.98 Å². The molecule has 2 N–H and O–H groups in total. The third-order valence-electron chi connectivity index (χ3n) is 2.18. The summed E-state index contributed by atoms with van der Waals surface area (Å²) < 4.78 is 13.5. The Hall–Kier alpha value is -2.14. The number of carbonyl (C=O) groups is 1. The van der Waals surface area contributed by atoms with Crippen LogP contribution in [0.4, 0.5) is 10.1 Å². The Bertz CT molecular complexity index is 590. The molecule has 0 bridgehead atoms. The molecule has 6 heteroatoms. The molecule has 0 aliphatic heterocycles. The molecule has 0 saturated heterocycles. The van der Waals surface area contributed by atoms with Gasteiger partial charge in [-0.2, -0.15) is 0 Å². The number of nitrogens with one attached hydrogen (secondary N) is 1. The molecule has 1 heterocycles. The zero-order valence-corrected chi connectivity index (χ0v) is 9.78. The quantitative estimate of drug-likeness (QED) is 0.822. The molecule has 0 atom stereocenters. The second-order valence-electron chi connectivity index (χ2n) is 3.45. The van der Waals surface area contributed by atoms with Crippen LogP contribution >= 0.6 is 11.6 Å². The maximum atomic E-state index is 13.5. The number of anilines is 1. The molecule has 0 fully saturated rings. The van der Waals surface area contributed by atoms with Crippen molar-refractivity contribution in [2.45, 2.75) is 0 Å². The Kier molecular flexibility index (Phi) is 3.43. The number of pyridine rings is 1. The number of aromatic hydroxyl groups is 1. The highest BCUT2D eigenvalue weighted by Gasteiger charge is 2.12. The van der Waals surface area contributed by atoms with Crippen LogP contribution in [-0.4, -0.2) is 16.0 Å². The molecule has 4 nitrogen and oxygen atoms in total. The van der Waals surface area contributed by atoms with E-state index in [1.54, 1.807) is 12.1 Å². The van der Waals surface area contributed by atoms with E-state index >= 15 is 0 Å². The van der Waals surface area contributed by atoms with E-state index in [1.807, 2.05) is 0 Å². The number of aromatic nitrogens is 1. The number of rotatable bonds is 2. The van der Waals surface area contributed by atoms with E-state index in [-0.39, 0.29) is 22.2 Å². The molecule has 92 valence electrons. The number of phenols is 1. The van der Waals surface area contributed by atoms with Crippen molar-refractivity contribution >= 4 is 23.2 Å². The molecule has 2 aromatic rings. The van der Waals surface area contributed by atoms with Crippen LogP contribution in [0.5, 0.6) is 5.75 Å². The van der Waals surface area contributed by atoms with Crippen molar-refractivity contribution in [3.63, 3.8) is 0 Å². The largest absolute Gasteiger partial charge is 0.506 e. The number of phenolic OH excluding ortho intramolecular Hbond substituents is 1. The van der Waals surface area contributed by atoms with Gasteiger partial charge < -0.3 is 10.4 Å². The summed E-state index contributed by atoms with van der Waals surface area (Å²) in [7, 11) is 0. The van der Waals surface area contributed by atoms with Crippen LogP contribution in [0, 0.1) is 5.82 Å². The molecule has 0 aliphatic carbocycles. The highest BCUT2D eigenvalue weighted by Crippen LogP contribution is 2.29. The standard InChI is InChI=1S/C12H8ClFN2O2/c13-7-5-10(8(14)6-11(7)17)16-12(18)9-3-1-2-4-15-9/h1-6,17H,(H,16,18). The lowest BCUT2D eigenvalue weighted by molar-refractivity contribution is 0.102. The molecule has 0 aliphatic rings. The van der Waals surface area contributed by atoms with Gasteiger partial charge in [-0.25, -0.2) is 4.39 Å². The molecule has 0 unspecified atom stereocenters. The number of halogens is 2. The van der Waals surface area contributed by atoms with Gasteiger partial charge in [0.05, 0.1) is 10.7 Å². The third kappa shape index (κ3) is 2.57. The van der Waals surface area contributed by atoms with Gasteiger partial charge in [0, 0.05) is 12.3 Å². The lowest BCUT2D eigenvalue weighted by Gasteiger charge is -2.07. The fourth-order valence-corrected chi connectivity index (χ4v) is 1.48. The molecule has 18 heavy (non-hydrogen) atoms. The summed E-state index contributed by atoms with van der Waals surface area (Å²) in [4.78, 5) is 15.5. The number of hydrogen-bond acceptors (Lipinski definition) is 3. The minimum Gasteiger partial charge on any atom is -0.506 e. The number of amides is 1. The van der Waals surface area contributed by atoms with Crippen LogP contribution < -0.4 is 5.32 Å². The van der Waals surface area contributed by atoms with Gasteiger partial charge in [0.2, 0.25) is 0 Å². The second-order valence-corrected chi connectivity index (χ2v) is 3.86. The SMILES string of the molecule is O=C(Nc1cc(Cl)c(O)cc1F)c1ccccn1. The highest BCUT2D eigenvalue weighted by molar-refractivity contribution is 6.32. The Morgan fingerprint density at radius 3 is 2.83 bits per heavy atom. The first-order valence-corrected chi connectivity index (χ1v) is 5.36. The van der Waals surface area contributed by atoms with Crippen molar-refractivity contribution < 1.29 is 14.3 Å². The van der Waals surface area contributed by atoms with Gasteiger partial charge in [-0.3, -0.25) is 9.78 Å². The zero-order valence-electron chi connectivity index (χ0n) is 9.02. The smallest absolute Gasteiger partial charge is 0.274 e. The Balaban J connectivity index is 2.25. The number of benzene rings is 1. The third-order valence-corrected chi connectivity index (χ3v) is 2.48. The van der Waals surface area contributed by atoms with Crippen molar-refractivity contribution in [2.75, 3.05) is 5.32 Å². The van der Waals surface area contributed by atoms with Gasteiger partial charge in [0.25, 0.3) is 5.91 Å². The molecule has 1 aromatic heterocycles. The molecule has 0 radical (unpaired) electrons. The molecule has 1 aromatic carbocycles. The molecular formula is C12H8ClFN2O2. The lowest BCUT2D eigenvalue weighted by Crippen LogP contribution is -2.14. The first-order chi connectivity index (χ1) is 8.58. The summed E-state index contributed by atoms with van der Waals surface area (Å²) >= 11 is 5.63. The van der Waals surface area contributed by atoms with Crippen molar-refractivity contribution in [1.29, 1.82) is 0 Å². The van der Waals surface area contributed by atoms with Gasteiger partial charge >= 0.3 is 0 Å². The fourth-order valence-electron chi connectivity index (χ4n) is 1.32. The van der Waals surface area contributed by atoms with Crippen molar-refractivity contribution in [3.8, 4) is 5.75 Å². The van der Waals surface area contributed by atoms with Crippen LogP contribution in [-0.2, 0) is 0 Å². The van der Waals surface area contributed by atoms with Crippen molar-refractivity contribution in [2.24, 2.45) is 0 Å². The molecular weight excluding hydrogens is 259 g/mol. The van der Waals surface area contributed by atoms with E-state index < -0.39 is 11.7 Å². The fraction of sp³-hybridized carbons (Fsp3) is 0. The normalized spacial score (nSPS) is 10.1. The summed E-state index contributed by atoms with van der Waals surface area (Å²) in [5.41, 5.74) is 0.0366. The molecule has 0 saturated carbocycles. The summed E-state index contributed by atoms with van der Waals surface area (Å²) in [6, 6.07) is 6.76. The summed E-state index contributed by atoms with van der Waals surface area (Å²) in [6.07, 6.45) is 1.45. The first-order valence-electron chi connectivity index (χ1n) is 4.98. The summed E-state index contributed by atoms with van der Waals surface area (Å²) in [5.74, 6) is -1.72. The average Bonchev–Trinajstić information content (AvgIpc) is 2.37. The Morgan fingerprint density at radius 1 is 1.39 bits per heavy atom. The predicted molar refractivity (Wildman–Crippen MR) is 65.3 cm³/mol. The van der Waals surface area contributed by atoms with E-state index in [2.05, 4.69) is 10.3 Å². The topological polar surface area (TPSA) is 62.2 Å². The molecule has 2 rings (SSSR count). The number of carbonyl (C=O) groups excluding carboxylic acids is 1. The summed E-state index contributed by atoms with van der Waals surface area (Å²) in [6.45, 7) is 0. The summed E-state index contributed by atoms with van der Waals surface area (Å²) in [5, 5.41) is 11.5. The Morgan fingerprint density at radius 2 is 2.17 bits per heavy atom. The van der Waals surface area contributed by atoms with Crippen LogP contribution in [0.25, 0.3) is 0 Å². The zero-order chi connectivity index (χ0) is 13.1. The van der Waals surface area contributed by atoms with E-state index in [9.17, 15) is 14.3 Å². The van der Waals surface area contributed by atoms with E-state index in [0.29, 0.717) is 0 Å². The van der Waals surface area contributed by atoms with Gasteiger partial charge in [-0.05, 0) is 18.2 Å². The number of hydrogen-bond donors (Lipinski definition) is 2. The molecule has 1 amide bonds. The van der Waals surface area contributed by atoms with Gasteiger partial charge in [0.15, 0.2) is 5.82 Å². The van der Waals surface area contributed by atoms with Crippen LogP contribution in [0.15, 0.2) is 36.5 Å². The first kappa shape index (κ1) is 12.3. The monoisotopic (exact) mass is 266 g/mol. The minimum absolute atomic E-state index is 0.0484. The van der Waals surface area contributed by atoms with Crippen LogP contribution in [0.3, 0.4) is 0 Å². The number of nitrogens with zero attached hydrogens (tertiary/aromatic N) is 1. The predicted octanol–water partition coefficient (Wildman–Crippen LogP) is 2.83. The van der Waals surface area contributed by atoms with E-state index in [0.717, 1.165) is 12.1 Å². The maximum absolute atomic E-state index is 13.5. The Labute approximate surface area is 107 Å². The van der Waals surface area contributed by atoms with Crippen LogP contribution in [0.2, 0.25) is 5.02 Å². The van der Waals surface area contributed by atoms with Gasteiger partial charge in [-0.1, -0.05) is 17.7 Å². The average molecular weight is 267 g/mol. The maximum Gasteiger partial charge on any atom is 0.274 e. The lowest BCUT2D eigenvalue weighted by atomic mass is 10.2. The van der Waals surface area contributed by atoms with Gasteiger partial charge in [0.1, 0.15) is 11.4 Å². The van der Waals surface area contributed by atoms with E-state index in [1.165, 1.54) is 12.3 Å². The minimum atomic E-state index is -0.777. The highest BCUT2D eigenvalue weighted by atomic mass is 35.5. The van der Waals surface area contributed by atoms with E-state index in [4.69, 9.17) is 11.6 Å². The van der Waals surface area contributed by atoms with Gasteiger partial charge in [-0.15, -0.1) is 0 Å². The van der Waals surface area contributed by atoms with Crippen molar-refractivity contribution in [3.05, 3.63) is 53.1 Å². The second kappa shape index (κ2) is 5.01. The molecule has 0 spiro atoms.